The minimum atomic E-state index is -0.474. The lowest BCUT2D eigenvalue weighted by Gasteiger charge is -2.11. The second-order valence-electron chi connectivity index (χ2n) is 6.28. The number of nitrogens with zero attached hydrogens (tertiary/aromatic N) is 3. The van der Waals surface area contributed by atoms with E-state index in [9.17, 15) is 9.59 Å². The Morgan fingerprint density at radius 1 is 1.19 bits per heavy atom. The van der Waals surface area contributed by atoms with Crippen molar-refractivity contribution in [2.75, 3.05) is 13.2 Å². The van der Waals surface area contributed by atoms with E-state index in [-0.39, 0.29) is 12.5 Å². The quantitative estimate of drug-likeness (QED) is 0.777. The van der Waals surface area contributed by atoms with Crippen molar-refractivity contribution in [3.8, 4) is 0 Å². The van der Waals surface area contributed by atoms with Gasteiger partial charge in [-0.25, -0.2) is 9.80 Å². The van der Waals surface area contributed by atoms with Crippen LogP contribution in [0.1, 0.15) is 40.7 Å². The molecule has 1 aliphatic heterocycles. The number of hydrogen-bond donors (Lipinski definition) is 0. The molecule has 0 fully saturated rings. The maximum atomic E-state index is 12.3. The molecule has 6 heteroatoms. The molecule has 6 nitrogen and oxygen atoms in total. The minimum Gasteiger partial charge on any atom is -0.452 e. The molecule has 0 aliphatic carbocycles. The van der Waals surface area contributed by atoms with Gasteiger partial charge in [0.05, 0.1) is 17.8 Å². The van der Waals surface area contributed by atoms with Crippen molar-refractivity contribution in [1.82, 2.24) is 9.58 Å². The van der Waals surface area contributed by atoms with Gasteiger partial charge in [-0.1, -0.05) is 30.3 Å². The van der Waals surface area contributed by atoms with Crippen LogP contribution in [0.15, 0.2) is 41.5 Å². The summed E-state index contributed by atoms with van der Waals surface area (Å²) in [6, 6.07) is 11.6. The number of rotatable bonds is 5. The van der Waals surface area contributed by atoms with Crippen LogP contribution in [0, 0.1) is 13.8 Å². The van der Waals surface area contributed by atoms with Crippen molar-refractivity contribution >= 4 is 17.6 Å². The lowest BCUT2D eigenvalue weighted by molar-refractivity contribution is -0.134. The molecule has 1 amide bonds. The largest absolute Gasteiger partial charge is 0.452 e. The van der Waals surface area contributed by atoms with E-state index in [2.05, 4.69) is 5.10 Å². The predicted molar refractivity (Wildman–Crippen MR) is 99.2 cm³/mol. The normalized spacial score (nSPS) is 13.7. The highest BCUT2D eigenvalue weighted by Gasteiger charge is 2.23. The van der Waals surface area contributed by atoms with Gasteiger partial charge in [0, 0.05) is 24.4 Å². The first-order chi connectivity index (χ1) is 12.5. The molecule has 0 unspecified atom stereocenters. The van der Waals surface area contributed by atoms with Crippen LogP contribution >= 0.6 is 0 Å². The fourth-order valence-corrected chi connectivity index (χ4v) is 3.24. The zero-order chi connectivity index (χ0) is 18.7. The van der Waals surface area contributed by atoms with Crippen molar-refractivity contribution < 1.29 is 14.3 Å². The molecule has 0 radical (unpaired) electrons. The van der Waals surface area contributed by atoms with Gasteiger partial charge in [-0.15, -0.1) is 0 Å². The first-order valence-corrected chi connectivity index (χ1v) is 8.78. The Morgan fingerprint density at radius 3 is 2.58 bits per heavy atom. The second-order valence-corrected chi connectivity index (χ2v) is 6.28. The zero-order valence-electron chi connectivity index (χ0n) is 15.4. The summed E-state index contributed by atoms with van der Waals surface area (Å²) in [5.41, 5.74) is 4.24. The molecule has 1 aliphatic rings. The van der Waals surface area contributed by atoms with Crippen molar-refractivity contribution in [3.63, 3.8) is 0 Å². The number of esters is 1. The third kappa shape index (κ3) is 3.54. The predicted octanol–water partition coefficient (Wildman–Crippen LogP) is 2.92. The molecule has 136 valence electrons. The van der Waals surface area contributed by atoms with Crippen LogP contribution in [0.5, 0.6) is 0 Å². The third-order valence-corrected chi connectivity index (χ3v) is 4.63. The van der Waals surface area contributed by atoms with E-state index in [4.69, 9.17) is 4.74 Å². The number of hydrazone groups is 1. The van der Waals surface area contributed by atoms with Crippen molar-refractivity contribution in [2.45, 2.75) is 33.7 Å². The summed E-state index contributed by atoms with van der Waals surface area (Å²) in [4.78, 5) is 24.6. The lowest BCUT2D eigenvalue weighted by atomic mass is 10.1. The molecule has 0 saturated heterocycles. The summed E-state index contributed by atoms with van der Waals surface area (Å²) < 4.78 is 7.26. The van der Waals surface area contributed by atoms with E-state index in [0.717, 1.165) is 29.2 Å². The minimum absolute atomic E-state index is 0.305. The van der Waals surface area contributed by atoms with Gasteiger partial charge in [0.15, 0.2) is 6.61 Å². The number of carbonyl (C=O) groups is 2. The molecular formula is C20H23N3O3. The van der Waals surface area contributed by atoms with Crippen molar-refractivity contribution in [3.05, 3.63) is 58.9 Å². The molecular weight excluding hydrogens is 330 g/mol. The summed E-state index contributed by atoms with van der Waals surface area (Å²) >= 11 is 0. The van der Waals surface area contributed by atoms with Crippen LogP contribution in [0.4, 0.5) is 0 Å². The highest BCUT2D eigenvalue weighted by molar-refractivity contribution is 6.02. The number of benzene rings is 1. The summed E-state index contributed by atoms with van der Waals surface area (Å²) in [6.45, 7) is 6.84. The van der Waals surface area contributed by atoms with Gasteiger partial charge in [0.1, 0.15) is 0 Å². The van der Waals surface area contributed by atoms with Crippen LogP contribution in [0.25, 0.3) is 0 Å². The Hall–Kier alpha value is -2.89. The standard InChI is InChI=1S/C20H23N3O3/c1-4-22-14(2)12-17(15(22)3)20(25)26-13-19(24)23-11-10-18(21-23)16-8-6-5-7-9-16/h5-9,12H,4,10-11,13H2,1-3H3. The molecule has 2 heterocycles. The maximum absolute atomic E-state index is 12.3. The van der Waals surface area contributed by atoms with Crippen LogP contribution in [0.2, 0.25) is 0 Å². The Kier molecular flexibility index (Phi) is 5.21. The molecule has 0 N–H and O–H groups in total. The van der Waals surface area contributed by atoms with Crippen molar-refractivity contribution in [1.29, 1.82) is 0 Å². The topological polar surface area (TPSA) is 63.9 Å². The van der Waals surface area contributed by atoms with Gasteiger partial charge >= 0.3 is 5.97 Å². The molecule has 1 aromatic carbocycles. The molecule has 0 saturated carbocycles. The maximum Gasteiger partial charge on any atom is 0.340 e. The fourth-order valence-electron chi connectivity index (χ4n) is 3.24. The summed E-state index contributed by atoms with van der Waals surface area (Å²) in [5, 5.41) is 5.74. The third-order valence-electron chi connectivity index (χ3n) is 4.63. The Balaban J connectivity index is 1.61. The van der Waals surface area contributed by atoms with Crippen LogP contribution in [-0.2, 0) is 16.1 Å². The van der Waals surface area contributed by atoms with Gasteiger partial charge < -0.3 is 9.30 Å². The summed E-state index contributed by atoms with van der Waals surface area (Å²) in [6.07, 6.45) is 0.696. The van der Waals surface area contributed by atoms with Gasteiger partial charge in [0.2, 0.25) is 0 Å². The van der Waals surface area contributed by atoms with Gasteiger partial charge in [-0.2, -0.15) is 5.10 Å². The number of aromatic nitrogens is 1. The number of amides is 1. The van der Waals surface area contributed by atoms with E-state index >= 15 is 0 Å². The molecule has 0 bridgehead atoms. The smallest absolute Gasteiger partial charge is 0.340 e. The highest BCUT2D eigenvalue weighted by Crippen LogP contribution is 2.17. The highest BCUT2D eigenvalue weighted by atomic mass is 16.5. The van der Waals surface area contributed by atoms with E-state index < -0.39 is 5.97 Å². The number of aryl methyl sites for hydroxylation is 1. The van der Waals surface area contributed by atoms with Gasteiger partial charge in [0.25, 0.3) is 5.91 Å². The van der Waals surface area contributed by atoms with Crippen LogP contribution in [-0.4, -0.2) is 40.3 Å². The molecule has 3 rings (SSSR count). The number of carbonyl (C=O) groups excluding carboxylic acids is 2. The summed E-state index contributed by atoms with van der Waals surface area (Å²) in [5.74, 6) is -0.786. The average Bonchev–Trinajstić information content (AvgIpc) is 3.25. The molecule has 2 aromatic rings. The lowest BCUT2D eigenvalue weighted by Crippen LogP contribution is -2.28. The van der Waals surface area contributed by atoms with E-state index in [0.29, 0.717) is 18.5 Å². The SMILES string of the molecule is CCn1c(C)cc(C(=O)OCC(=O)N2CCC(c3ccccc3)=N2)c1C. The second kappa shape index (κ2) is 7.56. The van der Waals surface area contributed by atoms with Crippen LogP contribution < -0.4 is 0 Å². The van der Waals surface area contributed by atoms with E-state index in [1.54, 1.807) is 6.07 Å². The number of ether oxygens (including phenoxy) is 1. The zero-order valence-corrected chi connectivity index (χ0v) is 15.4. The average molecular weight is 353 g/mol. The van der Waals surface area contributed by atoms with Gasteiger partial charge in [-0.05, 0) is 32.4 Å². The molecule has 26 heavy (non-hydrogen) atoms. The van der Waals surface area contributed by atoms with E-state index in [1.807, 2.05) is 55.7 Å². The van der Waals surface area contributed by atoms with Gasteiger partial charge in [-0.3, -0.25) is 4.79 Å². The Labute approximate surface area is 153 Å². The Morgan fingerprint density at radius 2 is 1.92 bits per heavy atom. The first-order valence-electron chi connectivity index (χ1n) is 8.78. The molecule has 0 atom stereocenters. The fraction of sp³-hybridized carbons (Fsp3) is 0.350. The molecule has 1 aromatic heterocycles. The molecule has 0 spiro atoms. The Bertz CT molecular complexity index is 853. The number of hydrogen-bond acceptors (Lipinski definition) is 4. The first kappa shape index (κ1) is 17.9. The van der Waals surface area contributed by atoms with E-state index in [1.165, 1.54) is 5.01 Å². The summed E-state index contributed by atoms with van der Waals surface area (Å²) in [7, 11) is 0. The van der Waals surface area contributed by atoms with Crippen molar-refractivity contribution in [2.24, 2.45) is 5.10 Å². The van der Waals surface area contributed by atoms with Crippen LogP contribution in [0.3, 0.4) is 0 Å². The monoisotopic (exact) mass is 353 g/mol.